The summed E-state index contributed by atoms with van der Waals surface area (Å²) in [6.07, 6.45) is -0.546. The summed E-state index contributed by atoms with van der Waals surface area (Å²) in [5.41, 5.74) is 0. The van der Waals surface area contributed by atoms with Crippen molar-refractivity contribution in [2.24, 2.45) is 0 Å². The normalized spacial score (nSPS) is 24.1. The summed E-state index contributed by atoms with van der Waals surface area (Å²) in [5, 5.41) is 13.5. The van der Waals surface area contributed by atoms with E-state index in [0.717, 1.165) is 19.8 Å². The molecule has 1 aliphatic heterocycles. The number of rotatable bonds is 2. The Morgan fingerprint density at radius 1 is 1.78 bits per heavy atom. The van der Waals surface area contributed by atoms with Crippen LogP contribution in [0.25, 0.3) is 0 Å². The minimum absolute atomic E-state index is 0.546. The Morgan fingerprint density at radius 3 is 3.00 bits per heavy atom. The zero-order valence-corrected chi connectivity index (χ0v) is 5.90. The molecule has 0 aromatic carbocycles. The Kier molecular flexibility index (Phi) is 2.53. The van der Waals surface area contributed by atoms with Crippen molar-refractivity contribution in [3.05, 3.63) is 0 Å². The van der Waals surface area contributed by atoms with Crippen molar-refractivity contribution >= 4 is 17.6 Å². The first-order valence-electron chi connectivity index (χ1n) is 2.92. The summed E-state index contributed by atoms with van der Waals surface area (Å²) >= 11 is 4.57. The van der Waals surface area contributed by atoms with Crippen LogP contribution in [0.2, 0.25) is 0 Å². The van der Waals surface area contributed by atoms with E-state index < -0.39 is 6.23 Å². The zero-order valence-electron chi connectivity index (χ0n) is 5.08. The molecule has 0 amide bonds. The molecule has 0 bridgehead atoms. The minimum atomic E-state index is -0.546. The molecule has 1 rings (SSSR count). The molecule has 1 heterocycles. The highest BCUT2D eigenvalue weighted by Crippen LogP contribution is 1.95. The fraction of sp³-hybridized carbons (Fsp3) is 0.800. The SMILES string of the molecule is OC(C=S)N1CCNC1. The molecule has 0 aromatic heterocycles. The fourth-order valence-corrected chi connectivity index (χ4v) is 1.01. The van der Waals surface area contributed by atoms with Crippen LogP contribution in [0.5, 0.6) is 0 Å². The van der Waals surface area contributed by atoms with Crippen molar-refractivity contribution in [2.75, 3.05) is 19.8 Å². The molecule has 1 unspecified atom stereocenters. The van der Waals surface area contributed by atoms with Gasteiger partial charge in [-0.2, -0.15) is 0 Å². The second kappa shape index (κ2) is 3.22. The van der Waals surface area contributed by atoms with Crippen LogP contribution in [-0.4, -0.2) is 41.4 Å². The third kappa shape index (κ3) is 1.69. The smallest absolute Gasteiger partial charge is 0.137 e. The zero-order chi connectivity index (χ0) is 6.69. The first kappa shape index (κ1) is 7.08. The Labute approximate surface area is 59.7 Å². The maximum Gasteiger partial charge on any atom is 0.137 e. The summed E-state index contributed by atoms with van der Waals surface area (Å²) in [5.74, 6) is 0. The summed E-state index contributed by atoms with van der Waals surface area (Å²) in [7, 11) is 0. The number of hydrogen-bond acceptors (Lipinski definition) is 4. The lowest BCUT2D eigenvalue weighted by Crippen LogP contribution is -2.34. The molecule has 9 heavy (non-hydrogen) atoms. The fourth-order valence-electron chi connectivity index (χ4n) is 0.836. The van der Waals surface area contributed by atoms with E-state index in [1.807, 2.05) is 4.90 Å². The number of hydrogen-bond donors (Lipinski definition) is 2. The molecule has 1 atom stereocenters. The van der Waals surface area contributed by atoms with Gasteiger partial charge in [-0.15, -0.1) is 0 Å². The van der Waals surface area contributed by atoms with Crippen molar-refractivity contribution in [2.45, 2.75) is 6.23 Å². The van der Waals surface area contributed by atoms with Gasteiger partial charge >= 0.3 is 0 Å². The Bertz CT molecular complexity index is 103. The van der Waals surface area contributed by atoms with Gasteiger partial charge in [-0.25, -0.2) is 0 Å². The third-order valence-corrected chi connectivity index (χ3v) is 1.63. The summed E-state index contributed by atoms with van der Waals surface area (Å²) in [6.45, 7) is 2.57. The van der Waals surface area contributed by atoms with Gasteiger partial charge in [0.1, 0.15) is 6.23 Å². The van der Waals surface area contributed by atoms with Gasteiger partial charge in [0.15, 0.2) is 0 Å². The molecule has 0 spiro atoms. The Morgan fingerprint density at radius 2 is 2.56 bits per heavy atom. The van der Waals surface area contributed by atoms with Gasteiger partial charge < -0.3 is 10.4 Å². The maximum atomic E-state index is 9.08. The largest absolute Gasteiger partial charge is 0.374 e. The maximum absolute atomic E-state index is 9.08. The minimum Gasteiger partial charge on any atom is -0.374 e. The molecule has 0 aliphatic carbocycles. The predicted molar refractivity (Wildman–Crippen MR) is 39.2 cm³/mol. The molecule has 52 valence electrons. The summed E-state index contributed by atoms with van der Waals surface area (Å²) in [6, 6.07) is 0. The first-order chi connectivity index (χ1) is 4.34. The van der Waals surface area contributed by atoms with Crippen LogP contribution in [0.3, 0.4) is 0 Å². The van der Waals surface area contributed by atoms with E-state index in [2.05, 4.69) is 17.5 Å². The molecule has 0 aromatic rings. The monoisotopic (exact) mass is 146 g/mol. The first-order valence-corrected chi connectivity index (χ1v) is 3.40. The van der Waals surface area contributed by atoms with E-state index in [1.165, 1.54) is 5.37 Å². The number of aliphatic hydroxyl groups is 1. The second-order valence-corrected chi connectivity index (χ2v) is 2.29. The number of nitrogens with zero attached hydrogens (tertiary/aromatic N) is 1. The van der Waals surface area contributed by atoms with Gasteiger partial charge in [-0.1, -0.05) is 12.2 Å². The van der Waals surface area contributed by atoms with Crippen molar-refractivity contribution in [1.29, 1.82) is 0 Å². The van der Waals surface area contributed by atoms with Gasteiger partial charge in [0.2, 0.25) is 0 Å². The molecular formula is C5H10N2OS. The van der Waals surface area contributed by atoms with Crippen LogP contribution < -0.4 is 5.32 Å². The highest BCUT2D eigenvalue weighted by molar-refractivity contribution is 7.79. The highest BCUT2D eigenvalue weighted by atomic mass is 32.1. The number of thiocarbonyl (C=S) groups is 1. The van der Waals surface area contributed by atoms with Crippen LogP contribution in [0.4, 0.5) is 0 Å². The molecule has 1 aliphatic rings. The van der Waals surface area contributed by atoms with Crippen LogP contribution in [0, 0.1) is 0 Å². The van der Waals surface area contributed by atoms with Crippen LogP contribution in [0.1, 0.15) is 0 Å². The highest BCUT2D eigenvalue weighted by Gasteiger charge is 2.15. The van der Waals surface area contributed by atoms with Crippen LogP contribution >= 0.6 is 12.2 Å². The van der Waals surface area contributed by atoms with Gasteiger partial charge in [-0.3, -0.25) is 4.90 Å². The molecule has 0 saturated carbocycles. The lowest BCUT2D eigenvalue weighted by molar-refractivity contribution is 0.0827. The molecule has 3 nitrogen and oxygen atoms in total. The van der Waals surface area contributed by atoms with E-state index in [0.29, 0.717) is 0 Å². The number of nitrogens with one attached hydrogen (secondary N) is 1. The standard InChI is InChI=1S/C5H10N2OS/c8-5(3-9)7-2-1-6-4-7/h3,5-6,8H,1-2,4H2. The second-order valence-electron chi connectivity index (χ2n) is 2.02. The van der Waals surface area contributed by atoms with Gasteiger partial charge in [0.05, 0.1) is 6.67 Å². The van der Waals surface area contributed by atoms with E-state index >= 15 is 0 Å². The third-order valence-electron chi connectivity index (χ3n) is 1.39. The van der Waals surface area contributed by atoms with Crippen molar-refractivity contribution in [3.8, 4) is 0 Å². The lowest BCUT2D eigenvalue weighted by atomic mass is 10.5. The van der Waals surface area contributed by atoms with Crippen molar-refractivity contribution in [1.82, 2.24) is 10.2 Å². The molecule has 4 heteroatoms. The Balaban J connectivity index is 2.32. The molecule has 1 fully saturated rings. The van der Waals surface area contributed by atoms with Gasteiger partial charge in [0, 0.05) is 18.5 Å². The van der Waals surface area contributed by atoms with Crippen LogP contribution in [0.15, 0.2) is 0 Å². The Hall–Kier alpha value is -0.0300. The van der Waals surface area contributed by atoms with E-state index in [4.69, 9.17) is 5.11 Å². The average molecular weight is 146 g/mol. The van der Waals surface area contributed by atoms with Crippen molar-refractivity contribution < 1.29 is 5.11 Å². The van der Waals surface area contributed by atoms with E-state index in [1.54, 1.807) is 0 Å². The summed E-state index contributed by atoms with van der Waals surface area (Å²) < 4.78 is 0. The van der Waals surface area contributed by atoms with Gasteiger partial charge in [-0.05, 0) is 0 Å². The predicted octanol–water partition coefficient (Wildman–Crippen LogP) is -0.833. The molecular weight excluding hydrogens is 136 g/mol. The van der Waals surface area contributed by atoms with Crippen LogP contribution in [-0.2, 0) is 0 Å². The quantitative estimate of drug-likeness (QED) is 0.498. The van der Waals surface area contributed by atoms with Gasteiger partial charge in [0.25, 0.3) is 0 Å². The summed E-state index contributed by atoms with van der Waals surface area (Å²) in [4.78, 5) is 1.87. The molecule has 2 N–H and O–H groups in total. The topological polar surface area (TPSA) is 35.5 Å². The molecule has 0 radical (unpaired) electrons. The average Bonchev–Trinajstić information content (AvgIpc) is 2.37. The van der Waals surface area contributed by atoms with E-state index in [-0.39, 0.29) is 0 Å². The number of aliphatic hydroxyl groups excluding tert-OH is 1. The van der Waals surface area contributed by atoms with Crippen molar-refractivity contribution in [3.63, 3.8) is 0 Å². The molecule has 1 saturated heterocycles. The van der Waals surface area contributed by atoms with E-state index in [9.17, 15) is 0 Å². The lowest BCUT2D eigenvalue weighted by Gasteiger charge is -2.16.